The Labute approximate surface area is 161 Å². The maximum Gasteiger partial charge on any atom is 0.349 e. The van der Waals surface area contributed by atoms with E-state index in [0.717, 1.165) is 24.3 Å². The highest BCUT2D eigenvalue weighted by Gasteiger charge is 2.31. The molecule has 0 saturated carbocycles. The zero-order chi connectivity index (χ0) is 19.7. The van der Waals surface area contributed by atoms with Crippen LogP contribution in [0.15, 0.2) is 48.5 Å². The molecule has 5 heteroatoms. The van der Waals surface area contributed by atoms with E-state index >= 15 is 0 Å². The number of ether oxygens (including phenoxy) is 4. The second-order valence-corrected chi connectivity index (χ2v) is 6.61. The van der Waals surface area contributed by atoms with Crippen LogP contribution < -0.4 is 14.2 Å². The number of benzene rings is 2. The van der Waals surface area contributed by atoms with E-state index in [0.29, 0.717) is 19.0 Å². The van der Waals surface area contributed by atoms with Crippen LogP contribution in [0.2, 0.25) is 0 Å². The fourth-order valence-electron chi connectivity index (χ4n) is 2.52. The van der Waals surface area contributed by atoms with Crippen molar-refractivity contribution in [3.63, 3.8) is 0 Å². The molecule has 0 saturated heterocycles. The number of hydrogen-bond acceptors (Lipinski definition) is 5. The van der Waals surface area contributed by atoms with Crippen LogP contribution in [0.25, 0.3) is 0 Å². The minimum Gasteiger partial charge on any atom is -0.497 e. The van der Waals surface area contributed by atoms with Gasteiger partial charge in [0, 0.05) is 6.07 Å². The van der Waals surface area contributed by atoms with Gasteiger partial charge >= 0.3 is 5.97 Å². The van der Waals surface area contributed by atoms with Gasteiger partial charge in [0.05, 0.1) is 20.3 Å². The number of carbonyl (C=O) groups is 1. The van der Waals surface area contributed by atoms with Crippen LogP contribution in [0.3, 0.4) is 0 Å². The average Bonchev–Trinajstić information content (AvgIpc) is 2.66. The van der Waals surface area contributed by atoms with Crippen molar-refractivity contribution in [2.75, 3.05) is 20.3 Å². The Kier molecular flexibility index (Phi) is 7.53. The highest BCUT2D eigenvalue weighted by atomic mass is 16.6. The van der Waals surface area contributed by atoms with E-state index in [1.165, 1.54) is 5.56 Å². The van der Waals surface area contributed by atoms with Crippen molar-refractivity contribution in [2.45, 2.75) is 39.2 Å². The molecule has 0 amide bonds. The third-order valence-corrected chi connectivity index (χ3v) is 3.98. The van der Waals surface area contributed by atoms with Crippen LogP contribution in [0.4, 0.5) is 0 Å². The Morgan fingerprint density at radius 3 is 2.37 bits per heavy atom. The molecule has 0 aliphatic carbocycles. The van der Waals surface area contributed by atoms with Gasteiger partial charge in [0.1, 0.15) is 17.2 Å². The lowest BCUT2D eigenvalue weighted by atomic mass is 10.1. The van der Waals surface area contributed by atoms with E-state index in [-0.39, 0.29) is 5.97 Å². The predicted octanol–water partition coefficient (Wildman–Crippen LogP) is 4.43. The molecule has 2 rings (SSSR count). The Bertz CT molecular complexity index is 722. The minimum absolute atomic E-state index is 0.336. The van der Waals surface area contributed by atoms with Crippen molar-refractivity contribution < 1.29 is 23.7 Å². The number of carbonyl (C=O) groups excluding carboxylic acids is 1. The van der Waals surface area contributed by atoms with Crippen LogP contribution in [0.1, 0.15) is 32.8 Å². The number of aryl methyl sites for hydroxylation is 1. The van der Waals surface area contributed by atoms with Gasteiger partial charge in [-0.05, 0) is 63.4 Å². The van der Waals surface area contributed by atoms with Crippen LogP contribution >= 0.6 is 0 Å². The molecule has 0 spiro atoms. The lowest BCUT2D eigenvalue weighted by Crippen LogP contribution is -2.39. The van der Waals surface area contributed by atoms with E-state index in [2.05, 4.69) is 0 Å². The average molecular weight is 372 g/mol. The molecular weight excluding hydrogens is 344 g/mol. The fourth-order valence-corrected chi connectivity index (χ4v) is 2.52. The highest BCUT2D eigenvalue weighted by molar-refractivity contribution is 5.79. The first-order valence-corrected chi connectivity index (χ1v) is 9.16. The summed E-state index contributed by atoms with van der Waals surface area (Å²) >= 11 is 0. The standard InChI is InChI=1S/C22H28O5/c1-5-25-21(23)22(2,3)27-18-13-11-17(12-14-18)8-7-15-26-20-10-6-9-19(16-20)24-4/h6,9-14,16H,5,7-8,15H2,1-4H3. The molecule has 27 heavy (non-hydrogen) atoms. The number of hydrogen-bond donors (Lipinski definition) is 0. The summed E-state index contributed by atoms with van der Waals surface area (Å²) in [7, 11) is 1.64. The van der Waals surface area contributed by atoms with Crippen molar-refractivity contribution in [2.24, 2.45) is 0 Å². The maximum atomic E-state index is 11.9. The molecule has 2 aromatic rings. The molecule has 5 nitrogen and oxygen atoms in total. The van der Waals surface area contributed by atoms with Gasteiger partial charge in [-0.2, -0.15) is 0 Å². The van der Waals surface area contributed by atoms with Gasteiger partial charge in [-0.1, -0.05) is 18.2 Å². The van der Waals surface area contributed by atoms with Crippen LogP contribution in [-0.4, -0.2) is 31.9 Å². The van der Waals surface area contributed by atoms with Gasteiger partial charge in [0.25, 0.3) is 0 Å². The summed E-state index contributed by atoms with van der Waals surface area (Å²) in [6, 6.07) is 15.3. The van der Waals surface area contributed by atoms with E-state index in [9.17, 15) is 4.79 Å². The Balaban J connectivity index is 1.79. The van der Waals surface area contributed by atoms with Crippen LogP contribution in [-0.2, 0) is 16.0 Å². The molecule has 146 valence electrons. The normalized spacial score (nSPS) is 11.0. The third kappa shape index (κ3) is 6.51. The van der Waals surface area contributed by atoms with Crippen molar-refractivity contribution in [3.8, 4) is 17.2 Å². The lowest BCUT2D eigenvalue weighted by Gasteiger charge is -2.24. The number of rotatable bonds is 10. The number of methoxy groups -OCH3 is 1. The van der Waals surface area contributed by atoms with Crippen molar-refractivity contribution in [3.05, 3.63) is 54.1 Å². The van der Waals surface area contributed by atoms with Crippen molar-refractivity contribution in [1.29, 1.82) is 0 Å². The third-order valence-electron chi connectivity index (χ3n) is 3.98. The largest absolute Gasteiger partial charge is 0.497 e. The molecule has 0 N–H and O–H groups in total. The summed E-state index contributed by atoms with van der Waals surface area (Å²) in [6.45, 7) is 6.15. The molecule has 0 unspecified atom stereocenters. The summed E-state index contributed by atoms with van der Waals surface area (Å²) in [5, 5.41) is 0. The molecule has 0 heterocycles. The first-order chi connectivity index (χ1) is 12.9. The first-order valence-electron chi connectivity index (χ1n) is 9.16. The summed E-state index contributed by atoms with van der Waals surface area (Å²) in [4.78, 5) is 11.9. The molecule has 0 radical (unpaired) electrons. The first kappa shape index (κ1) is 20.6. The van der Waals surface area contributed by atoms with Gasteiger partial charge in [-0.15, -0.1) is 0 Å². The molecular formula is C22H28O5. The summed E-state index contributed by atoms with van der Waals surface area (Å²) in [5.41, 5.74) is 0.174. The molecule has 0 aliphatic rings. The maximum absolute atomic E-state index is 11.9. The summed E-state index contributed by atoms with van der Waals surface area (Å²) < 4.78 is 21.7. The zero-order valence-corrected chi connectivity index (χ0v) is 16.5. The molecule has 0 bridgehead atoms. The quantitative estimate of drug-likeness (QED) is 0.456. The zero-order valence-electron chi connectivity index (χ0n) is 16.5. The highest BCUT2D eigenvalue weighted by Crippen LogP contribution is 2.21. The number of esters is 1. The second kappa shape index (κ2) is 9.86. The SMILES string of the molecule is CCOC(=O)C(C)(C)Oc1ccc(CCCOc2cccc(OC)c2)cc1. The van der Waals surface area contributed by atoms with Crippen LogP contribution in [0.5, 0.6) is 17.2 Å². The van der Waals surface area contributed by atoms with Gasteiger partial charge in [-0.3, -0.25) is 0 Å². The van der Waals surface area contributed by atoms with Gasteiger partial charge in [0.15, 0.2) is 5.60 Å². The van der Waals surface area contributed by atoms with E-state index in [4.69, 9.17) is 18.9 Å². The fraction of sp³-hybridized carbons (Fsp3) is 0.409. The minimum atomic E-state index is -1.01. The molecule has 0 atom stereocenters. The molecule has 0 fully saturated rings. The van der Waals surface area contributed by atoms with E-state index in [1.54, 1.807) is 27.9 Å². The Morgan fingerprint density at radius 1 is 1.00 bits per heavy atom. The van der Waals surface area contributed by atoms with E-state index < -0.39 is 5.60 Å². The Morgan fingerprint density at radius 2 is 1.70 bits per heavy atom. The monoisotopic (exact) mass is 372 g/mol. The molecule has 0 aromatic heterocycles. The second-order valence-electron chi connectivity index (χ2n) is 6.61. The van der Waals surface area contributed by atoms with Gasteiger partial charge in [0.2, 0.25) is 0 Å². The Hall–Kier alpha value is -2.69. The summed E-state index contributed by atoms with van der Waals surface area (Å²) in [6.07, 6.45) is 1.79. The van der Waals surface area contributed by atoms with Crippen molar-refractivity contribution in [1.82, 2.24) is 0 Å². The predicted molar refractivity (Wildman–Crippen MR) is 105 cm³/mol. The van der Waals surface area contributed by atoms with Crippen molar-refractivity contribution >= 4 is 5.97 Å². The van der Waals surface area contributed by atoms with Crippen LogP contribution in [0, 0.1) is 0 Å². The van der Waals surface area contributed by atoms with E-state index in [1.807, 2.05) is 48.5 Å². The van der Waals surface area contributed by atoms with Gasteiger partial charge in [-0.25, -0.2) is 4.79 Å². The summed E-state index contributed by atoms with van der Waals surface area (Å²) in [5.74, 6) is 1.86. The molecule has 0 aliphatic heterocycles. The van der Waals surface area contributed by atoms with Gasteiger partial charge < -0.3 is 18.9 Å². The topological polar surface area (TPSA) is 54.0 Å². The molecule has 2 aromatic carbocycles. The smallest absolute Gasteiger partial charge is 0.349 e. The lowest BCUT2D eigenvalue weighted by molar-refractivity contribution is -0.158.